The third kappa shape index (κ3) is 2.43. The number of hydrogen-bond acceptors (Lipinski definition) is 3. The third-order valence-corrected chi connectivity index (χ3v) is 3.31. The molecule has 0 atom stereocenters. The highest BCUT2D eigenvalue weighted by atomic mass is 79.9. The Morgan fingerprint density at radius 1 is 1.44 bits per heavy atom. The van der Waals surface area contributed by atoms with E-state index in [0.29, 0.717) is 11.5 Å². The van der Waals surface area contributed by atoms with E-state index in [0.717, 1.165) is 10.0 Å². The molecule has 2 heterocycles. The minimum Gasteiger partial charge on any atom is -0.343 e. The van der Waals surface area contributed by atoms with Crippen LogP contribution in [0.1, 0.15) is 16.1 Å². The van der Waals surface area contributed by atoms with E-state index in [9.17, 15) is 4.79 Å². The lowest BCUT2D eigenvalue weighted by Crippen LogP contribution is -2.22. The van der Waals surface area contributed by atoms with Crippen LogP contribution in [0.15, 0.2) is 29.0 Å². The van der Waals surface area contributed by atoms with Crippen LogP contribution in [0, 0.1) is 6.92 Å². The van der Waals surface area contributed by atoms with Gasteiger partial charge in [-0.25, -0.2) is 9.67 Å². The van der Waals surface area contributed by atoms with E-state index in [1.807, 2.05) is 13.0 Å². The third-order valence-electron chi connectivity index (χ3n) is 2.48. The van der Waals surface area contributed by atoms with Gasteiger partial charge in [0, 0.05) is 31.0 Å². The molecule has 0 aliphatic heterocycles. The lowest BCUT2D eigenvalue weighted by molar-refractivity contribution is 0.0821. The second-order valence-corrected chi connectivity index (χ2v) is 4.99. The van der Waals surface area contributed by atoms with E-state index in [4.69, 9.17) is 0 Å². The lowest BCUT2D eigenvalue weighted by Gasteiger charge is -2.07. The maximum atomic E-state index is 11.7. The molecule has 5 nitrogen and oxygen atoms in total. The largest absolute Gasteiger partial charge is 0.343 e. The summed E-state index contributed by atoms with van der Waals surface area (Å²) in [6, 6.07) is 3.59. The minimum atomic E-state index is -0.123. The smallest absolute Gasteiger partial charge is 0.273 e. The van der Waals surface area contributed by atoms with Gasteiger partial charge in [-0.1, -0.05) is 0 Å². The molecule has 0 aliphatic rings. The molecule has 0 bridgehead atoms. The molecule has 2 rings (SSSR count). The van der Waals surface area contributed by atoms with Gasteiger partial charge in [-0.15, -0.1) is 0 Å². The number of carbonyl (C=O) groups excluding carboxylic acids is 1. The number of carbonyl (C=O) groups is 1. The average Bonchev–Trinajstić information content (AvgIpc) is 2.81. The Hall–Kier alpha value is -1.69. The van der Waals surface area contributed by atoms with Gasteiger partial charge in [0.2, 0.25) is 0 Å². The molecule has 0 saturated heterocycles. The summed E-state index contributed by atoms with van der Waals surface area (Å²) in [6.45, 7) is 1.98. The first-order chi connectivity index (χ1) is 8.49. The highest BCUT2D eigenvalue weighted by Gasteiger charge is 2.12. The van der Waals surface area contributed by atoms with Gasteiger partial charge in [0.25, 0.3) is 5.91 Å². The molecule has 0 N–H and O–H groups in total. The number of aromatic nitrogens is 3. The summed E-state index contributed by atoms with van der Waals surface area (Å²) in [7, 11) is 3.40. The molecule has 0 fully saturated rings. The zero-order valence-corrected chi connectivity index (χ0v) is 12.0. The molecule has 18 heavy (non-hydrogen) atoms. The van der Waals surface area contributed by atoms with Crippen molar-refractivity contribution in [3.05, 3.63) is 40.3 Å². The number of aryl methyl sites for hydroxylation is 1. The van der Waals surface area contributed by atoms with Crippen molar-refractivity contribution in [3.63, 3.8) is 0 Å². The van der Waals surface area contributed by atoms with E-state index in [1.54, 1.807) is 37.2 Å². The summed E-state index contributed by atoms with van der Waals surface area (Å²) < 4.78 is 2.54. The molecule has 2 aromatic heterocycles. The maximum absolute atomic E-state index is 11.7. The van der Waals surface area contributed by atoms with Crippen molar-refractivity contribution < 1.29 is 4.79 Å². The number of halogens is 1. The van der Waals surface area contributed by atoms with Gasteiger partial charge in [0.15, 0.2) is 11.5 Å². The zero-order chi connectivity index (χ0) is 13.3. The van der Waals surface area contributed by atoms with Gasteiger partial charge >= 0.3 is 0 Å². The molecule has 2 aromatic rings. The van der Waals surface area contributed by atoms with Gasteiger partial charge < -0.3 is 4.90 Å². The number of hydrogen-bond donors (Lipinski definition) is 0. The number of rotatable bonds is 2. The van der Waals surface area contributed by atoms with Gasteiger partial charge in [-0.05, 0) is 40.5 Å². The molecule has 6 heteroatoms. The van der Waals surface area contributed by atoms with Crippen LogP contribution in [0.4, 0.5) is 0 Å². The summed E-state index contributed by atoms with van der Waals surface area (Å²) in [5, 5.41) is 4.22. The molecule has 0 unspecified atom stereocenters. The fraction of sp³-hybridized carbons (Fsp3) is 0.250. The van der Waals surface area contributed by atoms with E-state index in [2.05, 4.69) is 26.0 Å². The molecule has 0 aliphatic carbocycles. The SMILES string of the molecule is Cc1cc(-n2ccc(C(=O)N(C)C)n2)ncc1Br. The monoisotopic (exact) mass is 308 g/mol. The topological polar surface area (TPSA) is 51.0 Å². The van der Waals surface area contributed by atoms with Crippen LogP contribution < -0.4 is 0 Å². The van der Waals surface area contributed by atoms with Crippen LogP contribution >= 0.6 is 15.9 Å². The van der Waals surface area contributed by atoms with Crippen molar-refractivity contribution in [1.29, 1.82) is 0 Å². The molecule has 0 aromatic carbocycles. The molecule has 0 spiro atoms. The van der Waals surface area contributed by atoms with Crippen molar-refractivity contribution in [1.82, 2.24) is 19.7 Å². The van der Waals surface area contributed by atoms with Crippen LogP contribution in [-0.2, 0) is 0 Å². The molecule has 0 saturated carbocycles. The standard InChI is InChI=1S/C12H13BrN4O/c1-8-6-11(14-7-9(8)13)17-5-4-10(15-17)12(18)16(2)3/h4-7H,1-3H3. The van der Waals surface area contributed by atoms with Crippen LogP contribution in [0.5, 0.6) is 0 Å². The quantitative estimate of drug-likeness (QED) is 0.853. The maximum Gasteiger partial charge on any atom is 0.273 e. The van der Waals surface area contributed by atoms with Crippen molar-refractivity contribution >= 4 is 21.8 Å². The van der Waals surface area contributed by atoms with Crippen molar-refractivity contribution in [2.45, 2.75) is 6.92 Å². The first kappa shape index (κ1) is 12.8. The zero-order valence-electron chi connectivity index (χ0n) is 10.4. The summed E-state index contributed by atoms with van der Waals surface area (Å²) in [4.78, 5) is 17.5. The Balaban J connectivity index is 2.35. The number of amides is 1. The molecule has 94 valence electrons. The van der Waals surface area contributed by atoms with E-state index < -0.39 is 0 Å². The Bertz CT molecular complexity index is 592. The summed E-state index contributed by atoms with van der Waals surface area (Å²) in [5.41, 5.74) is 1.47. The van der Waals surface area contributed by atoms with Crippen LogP contribution in [-0.4, -0.2) is 39.7 Å². The second-order valence-electron chi connectivity index (χ2n) is 4.14. The minimum absolute atomic E-state index is 0.123. The fourth-order valence-corrected chi connectivity index (χ4v) is 1.66. The second kappa shape index (κ2) is 4.89. The number of pyridine rings is 1. The van der Waals surface area contributed by atoms with Gasteiger partial charge in [-0.2, -0.15) is 5.10 Å². The van der Waals surface area contributed by atoms with E-state index >= 15 is 0 Å². The predicted octanol–water partition coefficient (Wildman–Crippen LogP) is 2.04. The molecule has 0 radical (unpaired) electrons. The van der Waals surface area contributed by atoms with Gasteiger partial charge in [0.1, 0.15) is 0 Å². The number of nitrogens with zero attached hydrogens (tertiary/aromatic N) is 4. The van der Waals surface area contributed by atoms with E-state index in [1.165, 1.54) is 4.90 Å². The first-order valence-corrected chi connectivity index (χ1v) is 6.18. The van der Waals surface area contributed by atoms with Gasteiger partial charge in [0.05, 0.1) is 0 Å². The van der Waals surface area contributed by atoms with E-state index in [-0.39, 0.29) is 5.91 Å². The summed E-state index contributed by atoms with van der Waals surface area (Å²) >= 11 is 3.40. The average molecular weight is 309 g/mol. The Morgan fingerprint density at radius 2 is 2.17 bits per heavy atom. The van der Waals surface area contributed by atoms with Crippen molar-refractivity contribution in [2.24, 2.45) is 0 Å². The summed E-state index contributed by atoms with van der Waals surface area (Å²) in [5.74, 6) is 0.566. The van der Waals surface area contributed by atoms with Crippen LogP contribution in [0.2, 0.25) is 0 Å². The normalized spacial score (nSPS) is 10.4. The predicted molar refractivity (Wildman–Crippen MR) is 71.8 cm³/mol. The molecular weight excluding hydrogens is 296 g/mol. The fourth-order valence-electron chi connectivity index (χ4n) is 1.44. The Kier molecular flexibility index (Phi) is 3.47. The lowest BCUT2D eigenvalue weighted by atomic mass is 10.3. The molecular formula is C12H13BrN4O. The highest BCUT2D eigenvalue weighted by Crippen LogP contribution is 2.16. The Morgan fingerprint density at radius 3 is 2.78 bits per heavy atom. The van der Waals surface area contributed by atoms with Gasteiger partial charge in [-0.3, -0.25) is 4.79 Å². The van der Waals surface area contributed by atoms with Crippen molar-refractivity contribution in [2.75, 3.05) is 14.1 Å². The van der Waals surface area contributed by atoms with Crippen LogP contribution in [0.25, 0.3) is 5.82 Å². The molecule has 1 amide bonds. The highest BCUT2D eigenvalue weighted by molar-refractivity contribution is 9.10. The summed E-state index contributed by atoms with van der Waals surface area (Å²) in [6.07, 6.45) is 3.45. The van der Waals surface area contributed by atoms with Crippen LogP contribution in [0.3, 0.4) is 0 Å². The Labute approximate surface area is 114 Å². The first-order valence-electron chi connectivity index (χ1n) is 5.39. The van der Waals surface area contributed by atoms with Crippen molar-refractivity contribution in [3.8, 4) is 5.82 Å².